The fraction of sp³-hybridized carbons (Fsp3) is 0.500. The predicted octanol–water partition coefficient (Wildman–Crippen LogP) is 1.39. The van der Waals surface area contributed by atoms with E-state index in [1.165, 1.54) is 11.0 Å². The van der Waals surface area contributed by atoms with Gasteiger partial charge in [-0.15, -0.1) is 0 Å². The number of hydrazone groups is 1. The van der Waals surface area contributed by atoms with Crippen LogP contribution in [0.2, 0.25) is 0 Å². The van der Waals surface area contributed by atoms with Gasteiger partial charge in [-0.25, -0.2) is 5.43 Å². The molecule has 2 aliphatic heterocycles. The van der Waals surface area contributed by atoms with Crippen LogP contribution in [0.1, 0.15) is 24.5 Å². The molecule has 2 aliphatic rings. The molecule has 136 valence electrons. The molecule has 0 unspecified atom stereocenters. The first kappa shape index (κ1) is 17.5. The smallest absolute Gasteiger partial charge is 0.388 e. The van der Waals surface area contributed by atoms with Crippen molar-refractivity contribution in [2.75, 3.05) is 31.6 Å². The summed E-state index contributed by atoms with van der Waals surface area (Å²) in [6.07, 6.45) is -4.13. The SMILES string of the molecule is CN1CC(=O)NN=C1c1ccc(N2CC[C@@](C)(O)C2)c(C(F)(F)F)c1. The predicted molar refractivity (Wildman–Crippen MR) is 86.2 cm³/mol. The second kappa shape index (κ2) is 5.91. The number of amidine groups is 1. The van der Waals surface area contributed by atoms with Crippen LogP contribution in [0.5, 0.6) is 0 Å². The highest BCUT2D eigenvalue weighted by Gasteiger charge is 2.39. The number of amides is 1. The topological polar surface area (TPSA) is 68.2 Å². The van der Waals surface area contributed by atoms with Crippen LogP contribution in [0.4, 0.5) is 18.9 Å². The minimum absolute atomic E-state index is 0.0247. The molecule has 1 fully saturated rings. The van der Waals surface area contributed by atoms with E-state index in [1.807, 2.05) is 0 Å². The van der Waals surface area contributed by atoms with E-state index in [9.17, 15) is 23.1 Å². The maximum absolute atomic E-state index is 13.6. The van der Waals surface area contributed by atoms with Crippen molar-refractivity contribution in [1.29, 1.82) is 0 Å². The van der Waals surface area contributed by atoms with Crippen molar-refractivity contribution in [3.05, 3.63) is 29.3 Å². The van der Waals surface area contributed by atoms with Gasteiger partial charge in [-0.05, 0) is 31.5 Å². The van der Waals surface area contributed by atoms with Gasteiger partial charge in [0, 0.05) is 31.4 Å². The zero-order valence-corrected chi connectivity index (χ0v) is 13.9. The lowest BCUT2D eigenvalue weighted by molar-refractivity contribution is -0.137. The van der Waals surface area contributed by atoms with E-state index in [0.29, 0.717) is 13.0 Å². The van der Waals surface area contributed by atoms with Gasteiger partial charge < -0.3 is 14.9 Å². The molecule has 9 heteroatoms. The number of hydrogen-bond donors (Lipinski definition) is 2. The summed E-state index contributed by atoms with van der Waals surface area (Å²) in [5.74, 6) is -0.0525. The molecule has 1 saturated heterocycles. The molecule has 1 amide bonds. The molecule has 25 heavy (non-hydrogen) atoms. The molecular weight excluding hydrogens is 337 g/mol. The van der Waals surface area contributed by atoms with E-state index in [-0.39, 0.29) is 36.1 Å². The number of carbonyl (C=O) groups excluding carboxylic acids is 1. The number of hydrogen-bond acceptors (Lipinski definition) is 5. The molecule has 6 nitrogen and oxygen atoms in total. The molecule has 0 aromatic heterocycles. The number of alkyl halides is 3. The fourth-order valence-electron chi connectivity index (χ4n) is 3.14. The Balaban J connectivity index is 2.01. The Morgan fingerprint density at radius 2 is 2.08 bits per heavy atom. The van der Waals surface area contributed by atoms with Gasteiger partial charge in [-0.1, -0.05) is 0 Å². The van der Waals surface area contributed by atoms with Crippen molar-refractivity contribution >= 4 is 17.4 Å². The quantitative estimate of drug-likeness (QED) is 0.840. The first-order valence-corrected chi connectivity index (χ1v) is 7.83. The Kier molecular flexibility index (Phi) is 4.14. The first-order chi connectivity index (χ1) is 11.6. The van der Waals surface area contributed by atoms with Crippen LogP contribution in [0.25, 0.3) is 0 Å². The van der Waals surface area contributed by atoms with E-state index in [1.54, 1.807) is 24.9 Å². The van der Waals surface area contributed by atoms with Gasteiger partial charge in [0.2, 0.25) is 0 Å². The lowest BCUT2D eigenvalue weighted by atomic mass is 10.0. The molecule has 0 aliphatic carbocycles. The number of carbonyl (C=O) groups is 1. The third-order valence-corrected chi connectivity index (χ3v) is 4.38. The van der Waals surface area contributed by atoms with Crippen molar-refractivity contribution in [2.45, 2.75) is 25.1 Å². The highest BCUT2D eigenvalue weighted by atomic mass is 19.4. The summed E-state index contributed by atoms with van der Waals surface area (Å²) in [6.45, 7) is 2.14. The second-order valence-corrected chi connectivity index (χ2v) is 6.72. The van der Waals surface area contributed by atoms with Crippen molar-refractivity contribution in [3.8, 4) is 0 Å². The lowest BCUT2D eigenvalue weighted by Crippen LogP contribution is -2.43. The van der Waals surface area contributed by atoms with Crippen molar-refractivity contribution in [2.24, 2.45) is 5.10 Å². The minimum atomic E-state index is -4.54. The van der Waals surface area contributed by atoms with Crippen molar-refractivity contribution in [3.63, 3.8) is 0 Å². The summed E-state index contributed by atoms with van der Waals surface area (Å²) in [4.78, 5) is 14.3. The molecule has 2 heterocycles. The molecule has 3 rings (SSSR count). The Hall–Kier alpha value is -2.29. The number of halogens is 3. The van der Waals surface area contributed by atoms with Crippen LogP contribution < -0.4 is 10.3 Å². The number of nitrogens with zero attached hydrogens (tertiary/aromatic N) is 3. The van der Waals surface area contributed by atoms with Crippen LogP contribution in [0.3, 0.4) is 0 Å². The molecule has 0 spiro atoms. The van der Waals surface area contributed by atoms with Gasteiger partial charge in [0.1, 0.15) is 0 Å². The molecule has 0 bridgehead atoms. The molecular formula is C16H19F3N4O2. The van der Waals surface area contributed by atoms with Crippen LogP contribution in [-0.2, 0) is 11.0 Å². The summed E-state index contributed by atoms with van der Waals surface area (Å²) < 4.78 is 40.8. The number of β-amino-alcohol motifs (C(OH)–C–C–N with tert-alkyl or cyclic N) is 1. The van der Waals surface area contributed by atoms with Crippen molar-refractivity contribution < 1.29 is 23.1 Å². The maximum Gasteiger partial charge on any atom is 0.418 e. The third-order valence-electron chi connectivity index (χ3n) is 4.38. The van der Waals surface area contributed by atoms with Gasteiger partial charge in [-0.2, -0.15) is 18.3 Å². The summed E-state index contributed by atoms with van der Waals surface area (Å²) in [7, 11) is 1.59. The highest BCUT2D eigenvalue weighted by molar-refractivity contribution is 6.03. The average Bonchev–Trinajstić information content (AvgIpc) is 2.86. The summed E-state index contributed by atoms with van der Waals surface area (Å²) >= 11 is 0. The number of likely N-dealkylation sites (N-methyl/N-ethyl adjacent to an activating group) is 1. The van der Waals surface area contributed by atoms with Gasteiger partial charge in [0.25, 0.3) is 5.91 Å². The fourth-order valence-corrected chi connectivity index (χ4v) is 3.14. The van der Waals surface area contributed by atoms with Gasteiger partial charge in [-0.3, -0.25) is 4.79 Å². The van der Waals surface area contributed by atoms with Gasteiger partial charge >= 0.3 is 6.18 Å². The minimum Gasteiger partial charge on any atom is -0.388 e. The summed E-state index contributed by atoms with van der Waals surface area (Å²) in [5.41, 5.74) is 0.807. The van der Waals surface area contributed by atoms with Crippen LogP contribution in [0, 0.1) is 0 Å². The van der Waals surface area contributed by atoms with E-state index in [2.05, 4.69) is 10.5 Å². The van der Waals surface area contributed by atoms with Crippen LogP contribution >= 0.6 is 0 Å². The Labute approximate surface area is 142 Å². The first-order valence-electron chi connectivity index (χ1n) is 7.83. The number of benzene rings is 1. The third kappa shape index (κ3) is 3.55. The second-order valence-electron chi connectivity index (χ2n) is 6.72. The number of rotatable bonds is 2. The summed E-state index contributed by atoms with van der Waals surface area (Å²) in [6, 6.07) is 3.98. The average molecular weight is 356 g/mol. The molecule has 1 atom stereocenters. The monoisotopic (exact) mass is 356 g/mol. The molecule has 0 saturated carbocycles. The van der Waals surface area contributed by atoms with E-state index in [0.717, 1.165) is 6.07 Å². The van der Waals surface area contributed by atoms with Gasteiger partial charge in [0.05, 0.1) is 17.7 Å². The molecule has 1 aromatic carbocycles. The van der Waals surface area contributed by atoms with E-state index in [4.69, 9.17) is 0 Å². The number of aliphatic hydroxyl groups is 1. The highest BCUT2D eigenvalue weighted by Crippen LogP contribution is 2.39. The van der Waals surface area contributed by atoms with Crippen LogP contribution in [0.15, 0.2) is 23.3 Å². The largest absolute Gasteiger partial charge is 0.418 e. The van der Waals surface area contributed by atoms with E-state index >= 15 is 0 Å². The maximum atomic E-state index is 13.6. The number of anilines is 1. The normalized spacial score (nSPS) is 24.4. The Morgan fingerprint density at radius 3 is 2.64 bits per heavy atom. The molecule has 1 aromatic rings. The molecule has 2 N–H and O–H groups in total. The molecule has 0 radical (unpaired) electrons. The standard InChI is InChI=1S/C16H19F3N4O2/c1-15(25)5-6-23(9-15)12-4-3-10(7-11(12)16(17,18)19)14-21-20-13(24)8-22(14)2/h3-4,7,25H,5-6,8-9H2,1-2H3,(H,20,24)/t15-/m1/s1. The summed E-state index contributed by atoms with van der Waals surface area (Å²) in [5, 5.41) is 13.9. The van der Waals surface area contributed by atoms with Crippen LogP contribution in [-0.4, -0.2) is 54.0 Å². The van der Waals surface area contributed by atoms with Gasteiger partial charge in [0.15, 0.2) is 5.84 Å². The zero-order valence-electron chi connectivity index (χ0n) is 13.9. The lowest BCUT2D eigenvalue weighted by Gasteiger charge is -2.27. The van der Waals surface area contributed by atoms with Crippen molar-refractivity contribution in [1.82, 2.24) is 10.3 Å². The Morgan fingerprint density at radius 1 is 1.36 bits per heavy atom. The van der Waals surface area contributed by atoms with E-state index < -0.39 is 17.3 Å². The number of nitrogens with one attached hydrogen (secondary N) is 1. The Bertz CT molecular complexity index is 731. The zero-order chi connectivity index (χ0) is 18.4.